The molecular weight excluding hydrogens is 393 g/mol. The largest absolute Gasteiger partial charge is 0.326 e. The Balaban J connectivity index is 1.28. The number of nitrogens with one attached hydrogen (secondary N) is 1. The van der Waals surface area contributed by atoms with E-state index >= 15 is 0 Å². The molecule has 0 aliphatic carbocycles. The number of carbonyl (C=O) groups excluding carboxylic acids is 1. The highest BCUT2D eigenvalue weighted by molar-refractivity contribution is 5.92. The zero-order valence-corrected chi connectivity index (χ0v) is 18.9. The van der Waals surface area contributed by atoms with Crippen molar-refractivity contribution >= 4 is 11.6 Å². The lowest BCUT2D eigenvalue weighted by Gasteiger charge is -2.37. The van der Waals surface area contributed by atoms with Crippen LogP contribution in [-0.4, -0.2) is 58.2 Å². The summed E-state index contributed by atoms with van der Waals surface area (Å²) in [5, 5.41) is 7.43. The van der Waals surface area contributed by atoms with E-state index in [0.717, 1.165) is 39.1 Å². The molecule has 168 valence electrons. The molecule has 0 unspecified atom stereocenters. The van der Waals surface area contributed by atoms with Crippen LogP contribution < -0.4 is 5.32 Å². The van der Waals surface area contributed by atoms with Crippen molar-refractivity contribution in [3.63, 3.8) is 0 Å². The number of likely N-dealkylation sites (tertiary alicyclic amines) is 2. The molecule has 0 bridgehead atoms. The Morgan fingerprint density at radius 3 is 2.58 bits per heavy atom. The van der Waals surface area contributed by atoms with Gasteiger partial charge in [0, 0.05) is 42.6 Å². The minimum absolute atomic E-state index is 0.0133. The lowest BCUT2D eigenvalue weighted by atomic mass is 9.86. The van der Waals surface area contributed by atoms with Crippen molar-refractivity contribution in [1.29, 1.82) is 0 Å². The maximum atomic E-state index is 13.1. The molecule has 1 aromatic heterocycles. The Morgan fingerprint density at radius 1 is 1.23 bits per heavy atom. The third-order valence-corrected chi connectivity index (χ3v) is 7.16. The van der Waals surface area contributed by atoms with Gasteiger partial charge in [0.05, 0.1) is 12.1 Å². The van der Waals surface area contributed by atoms with Crippen LogP contribution in [0.25, 0.3) is 0 Å². The predicted octanol–water partition coefficient (Wildman–Crippen LogP) is 3.52. The van der Waals surface area contributed by atoms with E-state index in [1.54, 1.807) is 12.1 Å². The molecule has 0 spiro atoms. The first-order valence-electron chi connectivity index (χ1n) is 11.4. The monoisotopic (exact) mass is 427 g/mol. The van der Waals surface area contributed by atoms with Gasteiger partial charge in [0.15, 0.2) is 0 Å². The Bertz CT molecular complexity index is 888. The summed E-state index contributed by atoms with van der Waals surface area (Å²) in [5.41, 5.74) is 3.26. The number of halogens is 1. The summed E-state index contributed by atoms with van der Waals surface area (Å²) in [4.78, 5) is 17.6. The van der Waals surface area contributed by atoms with E-state index in [2.05, 4.69) is 45.8 Å². The van der Waals surface area contributed by atoms with Crippen LogP contribution in [-0.2, 0) is 17.9 Å². The van der Waals surface area contributed by atoms with Gasteiger partial charge in [-0.05, 0) is 83.4 Å². The van der Waals surface area contributed by atoms with Crippen LogP contribution in [0.4, 0.5) is 10.1 Å². The van der Waals surface area contributed by atoms with E-state index in [0.29, 0.717) is 17.6 Å². The van der Waals surface area contributed by atoms with Gasteiger partial charge in [-0.2, -0.15) is 5.10 Å². The number of benzene rings is 1. The first kappa shape index (κ1) is 22.0. The van der Waals surface area contributed by atoms with Crippen molar-refractivity contribution in [2.75, 3.05) is 32.0 Å². The van der Waals surface area contributed by atoms with Crippen molar-refractivity contribution in [2.24, 2.45) is 11.8 Å². The van der Waals surface area contributed by atoms with Gasteiger partial charge in [-0.3, -0.25) is 14.4 Å². The van der Waals surface area contributed by atoms with Crippen LogP contribution in [0.5, 0.6) is 0 Å². The fraction of sp³-hybridized carbons (Fsp3) is 0.583. The van der Waals surface area contributed by atoms with Gasteiger partial charge in [0.2, 0.25) is 5.91 Å². The third-order valence-electron chi connectivity index (χ3n) is 7.16. The molecule has 1 N–H and O–H groups in total. The number of aryl methyl sites for hydroxylation is 1. The summed E-state index contributed by atoms with van der Waals surface area (Å²) in [5.74, 6) is 0.367. The lowest BCUT2D eigenvalue weighted by Crippen LogP contribution is -2.41. The summed E-state index contributed by atoms with van der Waals surface area (Å²) in [6.45, 7) is 9.15. The van der Waals surface area contributed by atoms with Crippen molar-refractivity contribution in [3.05, 3.63) is 47.5 Å². The van der Waals surface area contributed by atoms with Gasteiger partial charge in [0.1, 0.15) is 5.82 Å². The maximum Gasteiger partial charge on any atom is 0.228 e. The first-order valence-corrected chi connectivity index (χ1v) is 11.4. The second-order valence-corrected chi connectivity index (χ2v) is 9.12. The number of anilines is 1. The Hall–Kier alpha value is -2.25. The molecular formula is C24H34FN5O. The molecule has 2 aliphatic rings. The highest BCUT2D eigenvalue weighted by Crippen LogP contribution is 2.34. The first-order chi connectivity index (χ1) is 14.9. The molecule has 0 saturated carbocycles. The molecule has 2 fully saturated rings. The molecule has 4 rings (SSSR count). The molecule has 6 nitrogen and oxygen atoms in total. The summed E-state index contributed by atoms with van der Waals surface area (Å²) >= 11 is 0. The Kier molecular flexibility index (Phi) is 6.72. The van der Waals surface area contributed by atoms with Gasteiger partial charge in [-0.25, -0.2) is 4.39 Å². The number of hydrogen-bond donors (Lipinski definition) is 1. The van der Waals surface area contributed by atoms with E-state index in [1.165, 1.54) is 36.2 Å². The summed E-state index contributed by atoms with van der Waals surface area (Å²) < 4.78 is 15.2. The quantitative estimate of drug-likeness (QED) is 0.766. The van der Waals surface area contributed by atoms with Crippen LogP contribution >= 0.6 is 0 Å². The van der Waals surface area contributed by atoms with Crippen molar-refractivity contribution in [3.8, 4) is 0 Å². The molecule has 1 amide bonds. The van der Waals surface area contributed by atoms with E-state index in [1.807, 2.05) is 6.20 Å². The Labute approximate surface area is 184 Å². The van der Waals surface area contributed by atoms with E-state index < -0.39 is 0 Å². The number of carbonyl (C=O) groups is 1. The minimum Gasteiger partial charge on any atom is -0.326 e. The van der Waals surface area contributed by atoms with Crippen molar-refractivity contribution < 1.29 is 9.18 Å². The molecule has 2 saturated heterocycles. The predicted molar refractivity (Wildman–Crippen MR) is 120 cm³/mol. The molecule has 31 heavy (non-hydrogen) atoms. The topological polar surface area (TPSA) is 53.4 Å². The number of amides is 1. The second kappa shape index (κ2) is 9.49. The molecule has 3 heterocycles. The molecule has 2 atom stereocenters. The van der Waals surface area contributed by atoms with Gasteiger partial charge in [-0.15, -0.1) is 0 Å². The maximum absolute atomic E-state index is 13.1. The van der Waals surface area contributed by atoms with Crippen LogP contribution in [0.2, 0.25) is 0 Å². The van der Waals surface area contributed by atoms with Gasteiger partial charge >= 0.3 is 0 Å². The molecule has 2 aliphatic heterocycles. The third kappa shape index (κ3) is 4.99. The zero-order valence-electron chi connectivity index (χ0n) is 18.9. The van der Waals surface area contributed by atoms with Crippen molar-refractivity contribution in [2.45, 2.75) is 52.2 Å². The average Bonchev–Trinajstić information content (AvgIpc) is 3.33. The highest BCUT2D eigenvalue weighted by atomic mass is 19.1. The number of aromatic nitrogens is 2. The summed E-state index contributed by atoms with van der Waals surface area (Å²) in [7, 11) is 2.14. The van der Waals surface area contributed by atoms with Crippen LogP contribution in [0.3, 0.4) is 0 Å². The number of piperidine rings is 1. The van der Waals surface area contributed by atoms with E-state index in [4.69, 9.17) is 0 Å². The highest BCUT2D eigenvalue weighted by Gasteiger charge is 2.39. The lowest BCUT2D eigenvalue weighted by molar-refractivity contribution is -0.119. The second-order valence-electron chi connectivity index (χ2n) is 9.12. The molecule has 7 heteroatoms. The normalized spacial score (nSPS) is 23.4. The van der Waals surface area contributed by atoms with Crippen LogP contribution in [0.1, 0.15) is 37.4 Å². The summed E-state index contributed by atoms with van der Waals surface area (Å²) in [6.07, 6.45) is 5.25. The SMILES string of the molecule is CCn1ncc(CN2CCC([C@H]3C[C@H](C(=O)Nc4ccc(F)cc4)CN3C)CC2)c1C. The molecule has 0 radical (unpaired) electrons. The number of hydrogen-bond acceptors (Lipinski definition) is 4. The van der Waals surface area contributed by atoms with E-state index in [-0.39, 0.29) is 17.6 Å². The average molecular weight is 428 g/mol. The van der Waals surface area contributed by atoms with Gasteiger partial charge in [0.25, 0.3) is 0 Å². The van der Waals surface area contributed by atoms with Gasteiger partial charge in [-0.1, -0.05) is 0 Å². The smallest absolute Gasteiger partial charge is 0.228 e. The Morgan fingerprint density at radius 2 is 1.94 bits per heavy atom. The standard InChI is InChI=1S/C24H34FN5O/c1-4-30-17(2)20(14-26-30)16-29-11-9-18(10-12-29)23-13-19(15-28(23)3)24(31)27-22-7-5-21(25)6-8-22/h5-8,14,18-19,23H,4,9-13,15-16H2,1-3H3,(H,27,31)/t19-,23+/m0/s1. The number of rotatable bonds is 6. The number of nitrogens with zero attached hydrogens (tertiary/aromatic N) is 4. The van der Waals surface area contributed by atoms with E-state index in [9.17, 15) is 9.18 Å². The molecule has 2 aromatic rings. The minimum atomic E-state index is -0.292. The van der Waals surface area contributed by atoms with Gasteiger partial charge < -0.3 is 10.2 Å². The fourth-order valence-electron chi connectivity index (χ4n) is 5.24. The summed E-state index contributed by atoms with van der Waals surface area (Å²) in [6, 6.07) is 6.44. The van der Waals surface area contributed by atoms with Crippen LogP contribution in [0.15, 0.2) is 30.5 Å². The zero-order chi connectivity index (χ0) is 22.0. The fourth-order valence-corrected chi connectivity index (χ4v) is 5.24. The van der Waals surface area contributed by atoms with Crippen LogP contribution in [0, 0.1) is 24.6 Å². The van der Waals surface area contributed by atoms with Crippen molar-refractivity contribution in [1.82, 2.24) is 19.6 Å². The molecule has 1 aromatic carbocycles.